The molecule has 1 aromatic heterocycles. The summed E-state index contributed by atoms with van der Waals surface area (Å²) in [7, 11) is 3.18. The first kappa shape index (κ1) is 16.8. The molecule has 2 amide bonds. The summed E-state index contributed by atoms with van der Waals surface area (Å²) in [6.45, 7) is 1.06. The molecule has 0 radical (unpaired) electrons. The summed E-state index contributed by atoms with van der Waals surface area (Å²) in [5, 5.41) is 7.13. The molecule has 22 heavy (non-hydrogen) atoms. The van der Waals surface area contributed by atoms with Crippen molar-refractivity contribution in [2.24, 2.45) is 0 Å². The number of likely N-dealkylation sites (tertiary alicyclic amines) is 1. The van der Waals surface area contributed by atoms with Gasteiger partial charge in [-0.25, -0.2) is 0 Å². The molecule has 0 spiro atoms. The monoisotopic (exact) mass is 328 g/mol. The van der Waals surface area contributed by atoms with E-state index in [-0.39, 0.29) is 24.8 Å². The molecule has 7 nitrogen and oxygen atoms in total. The predicted molar refractivity (Wildman–Crippen MR) is 81.5 cm³/mol. The highest BCUT2D eigenvalue weighted by Gasteiger charge is 2.45. The van der Waals surface area contributed by atoms with Gasteiger partial charge in [0.1, 0.15) is 6.54 Å². The van der Waals surface area contributed by atoms with E-state index in [0.717, 1.165) is 12.8 Å². The normalized spacial score (nSPS) is 21.1. The lowest BCUT2D eigenvalue weighted by Gasteiger charge is -2.37. The van der Waals surface area contributed by atoms with Crippen LogP contribution in [0.5, 0.6) is 0 Å². The van der Waals surface area contributed by atoms with Gasteiger partial charge >= 0.3 is 0 Å². The van der Waals surface area contributed by atoms with Crippen molar-refractivity contribution in [2.75, 3.05) is 27.3 Å². The van der Waals surface area contributed by atoms with Gasteiger partial charge in [-0.1, -0.05) is 11.6 Å². The SMILES string of the molecule is CNC(=O)C[C@@]1(COC)CCCN1C(=O)Cn1cc(Cl)cn1. The van der Waals surface area contributed by atoms with Crippen molar-refractivity contribution in [1.82, 2.24) is 20.0 Å². The zero-order valence-corrected chi connectivity index (χ0v) is 13.6. The Labute approximate surface area is 134 Å². The fourth-order valence-electron chi connectivity index (χ4n) is 3.02. The molecule has 1 N–H and O–H groups in total. The van der Waals surface area contributed by atoms with Gasteiger partial charge in [0.15, 0.2) is 0 Å². The van der Waals surface area contributed by atoms with Gasteiger partial charge in [0.25, 0.3) is 0 Å². The van der Waals surface area contributed by atoms with E-state index >= 15 is 0 Å². The van der Waals surface area contributed by atoms with E-state index in [2.05, 4.69) is 10.4 Å². The van der Waals surface area contributed by atoms with E-state index in [0.29, 0.717) is 18.2 Å². The third-order valence-corrected chi connectivity index (χ3v) is 4.17. The van der Waals surface area contributed by atoms with E-state index in [1.807, 2.05) is 0 Å². The Morgan fingerprint density at radius 1 is 1.55 bits per heavy atom. The number of nitrogens with one attached hydrogen (secondary N) is 1. The van der Waals surface area contributed by atoms with Gasteiger partial charge in [-0.3, -0.25) is 14.3 Å². The van der Waals surface area contributed by atoms with Crippen LogP contribution in [0.25, 0.3) is 0 Å². The Bertz CT molecular complexity index is 548. The third-order valence-electron chi connectivity index (χ3n) is 3.98. The fraction of sp³-hybridized carbons (Fsp3) is 0.643. The summed E-state index contributed by atoms with van der Waals surface area (Å²) >= 11 is 5.82. The lowest BCUT2D eigenvalue weighted by Crippen LogP contribution is -2.53. The van der Waals surface area contributed by atoms with Gasteiger partial charge in [0, 0.05) is 26.9 Å². The van der Waals surface area contributed by atoms with Gasteiger partial charge in [-0.15, -0.1) is 0 Å². The van der Waals surface area contributed by atoms with Crippen LogP contribution >= 0.6 is 11.6 Å². The highest BCUT2D eigenvalue weighted by atomic mass is 35.5. The predicted octanol–water partition coefficient (Wildman–Crippen LogP) is 0.680. The molecule has 1 aromatic rings. The molecule has 122 valence electrons. The van der Waals surface area contributed by atoms with Gasteiger partial charge < -0.3 is 15.0 Å². The summed E-state index contributed by atoms with van der Waals surface area (Å²) in [5.41, 5.74) is -0.580. The maximum atomic E-state index is 12.6. The van der Waals surface area contributed by atoms with Crippen LogP contribution < -0.4 is 5.32 Å². The number of ether oxygens (including phenoxy) is 1. The Hall–Kier alpha value is -1.60. The van der Waals surface area contributed by atoms with Crippen molar-refractivity contribution < 1.29 is 14.3 Å². The van der Waals surface area contributed by atoms with Crippen LogP contribution in [0.1, 0.15) is 19.3 Å². The zero-order valence-electron chi connectivity index (χ0n) is 12.8. The molecular weight excluding hydrogens is 308 g/mol. The van der Waals surface area contributed by atoms with Crippen molar-refractivity contribution in [3.8, 4) is 0 Å². The Morgan fingerprint density at radius 3 is 2.91 bits per heavy atom. The second kappa shape index (κ2) is 7.11. The van der Waals surface area contributed by atoms with Crippen LogP contribution in [0.15, 0.2) is 12.4 Å². The molecule has 0 aliphatic carbocycles. The van der Waals surface area contributed by atoms with Gasteiger partial charge in [-0.2, -0.15) is 5.10 Å². The van der Waals surface area contributed by atoms with E-state index in [9.17, 15) is 9.59 Å². The van der Waals surface area contributed by atoms with Crippen LogP contribution in [0.3, 0.4) is 0 Å². The number of halogens is 1. The van der Waals surface area contributed by atoms with Gasteiger partial charge in [0.05, 0.1) is 29.8 Å². The van der Waals surface area contributed by atoms with Gasteiger partial charge in [-0.05, 0) is 12.8 Å². The first-order valence-corrected chi connectivity index (χ1v) is 7.56. The summed E-state index contributed by atoms with van der Waals surface area (Å²) in [5.74, 6) is -0.183. The Balaban J connectivity index is 2.14. The van der Waals surface area contributed by atoms with Crippen LogP contribution in [0, 0.1) is 0 Å². The summed E-state index contributed by atoms with van der Waals surface area (Å²) < 4.78 is 6.79. The third kappa shape index (κ3) is 3.59. The number of amides is 2. The average Bonchev–Trinajstić information content (AvgIpc) is 3.06. The molecule has 1 aliphatic rings. The van der Waals surface area contributed by atoms with Crippen molar-refractivity contribution >= 4 is 23.4 Å². The molecule has 8 heteroatoms. The molecule has 1 aliphatic heterocycles. The van der Waals surface area contributed by atoms with E-state index < -0.39 is 5.54 Å². The first-order chi connectivity index (χ1) is 10.5. The van der Waals surface area contributed by atoms with Crippen molar-refractivity contribution in [1.29, 1.82) is 0 Å². The maximum Gasteiger partial charge on any atom is 0.244 e. The highest BCUT2D eigenvalue weighted by molar-refractivity contribution is 6.30. The molecule has 1 fully saturated rings. The molecule has 0 bridgehead atoms. The molecule has 2 rings (SSSR count). The lowest BCUT2D eigenvalue weighted by atomic mass is 9.92. The molecular formula is C14H21ClN4O3. The second-order valence-electron chi connectivity index (χ2n) is 5.51. The molecule has 1 saturated heterocycles. The van der Waals surface area contributed by atoms with Crippen LogP contribution in [-0.4, -0.2) is 59.3 Å². The standard InChI is InChI=1S/C14H21ClN4O3/c1-16-12(20)6-14(10-22-2)4-3-5-19(14)13(21)9-18-8-11(15)7-17-18/h7-8H,3-6,9-10H2,1-2H3,(H,16,20)/t14-/m1/s1. The zero-order chi connectivity index (χ0) is 16.2. The lowest BCUT2D eigenvalue weighted by molar-refractivity contribution is -0.140. The number of nitrogens with zero attached hydrogens (tertiary/aromatic N) is 3. The highest BCUT2D eigenvalue weighted by Crippen LogP contribution is 2.33. The van der Waals surface area contributed by atoms with E-state index in [1.54, 1.807) is 25.3 Å². The molecule has 0 aromatic carbocycles. The van der Waals surface area contributed by atoms with Crippen molar-refractivity contribution in [2.45, 2.75) is 31.3 Å². The molecule has 0 unspecified atom stereocenters. The molecule has 0 saturated carbocycles. The van der Waals surface area contributed by atoms with Crippen molar-refractivity contribution in [3.05, 3.63) is 17.4 Å². The van der Waals surface area contributed by atoms with Crippen LogP contribution in [-0.2, 0) is 20.9 Å². The molecule has 2 heterocycles. The number of aromatic nitrogens is 2. The summed E-state index contributed by atoms with van der Waals surface area (Å²) in [6.07, 6.45) is 4.94. The van der Waals surface area contributed by atoms with Crippen LogP contribution in [0.2, 0.25) is 5.02 Å². The maximum absolute atomic E-state index is 12.6. The van der Waals surface area contributed by atoms with E-state index in [1.165, 1.54) is 10.9 Å². The van der Waals surface area contributed by atoms with Crippen LogP contribution in [0.4, 0.5) is 0 Å². The van der Waals surface area contributed by atoms with Crippen molar-refractivity contribution in [3.63, 3.8) is 0 Å². The number of hydrogen-bond donors (Lipinski definition) is 1. The minimum absolute atomic E-state index is 0.0850. The Kier molecular flexibility index (Phi) is 5.42. The largest absolute Gasteiger partial charge is 0.382 e. The minimum Gasteiger partial charge on any atom is -0.382 e. The summed E-state index contributed by atoms with van der Waals surface area (Å²) in [4.78, 5) is 26.2. The Morgan fingerprint density at radius 2 is 2.32 bits per heavy atom. The number of methoxy groups -OCH3 is 1. The number of hydrogen-bond acceptors (Lipinski definition) is 4. The average molecular weight is 329 g/mol. The second-order valence-corrected chi connectivity index (χ2v) is 5.95. The number of carbonyl (C=O) groups excluding carboxylic acids is 2. The number of carbonyl (C=O) groups is 2. The smallest absolute Gasteiger partial charge is 0.244 e. The number of rotatable bonds is 6. The minimum atomic E-state index is -0.580. The first-order valence-electron chi connectivity index (χ1n) is 7.19. The quantitative estimate of drug-likeness (QED) is 0.833. The topological polar surface area (TPSA) is 76.5 Å². The summed E-state index contributed by atoms with van der Waals surface area (Å²) in [6, 6.07) is 0. The van der Waals surface area contributed by atoms with Gasteiger partial charge in [0.2, 0.25) is 11.8 Å². The van der Waals surface area contributed by atoms with E-state index in [4.69, 9.17) is 16.3 Å². The molecule has 1 atom stereocenters. The fourth-order valence-corrected chi connectivity index (χ4v) is 3.17.